The topological polar surface area (TPSA) is 65.8 Å². The van der Waals surface area contributed by atoms with Crippen molar-refractivity contribution in [1.82, 2.24) is 10.2 Å². The van der Waals surface area contributed by atoms with Crippen LogP contribution >= 0.6 is 0 Å². The van der Waals surface area contributed by atoms with Gasteiger partial charge in [-0.15, -0.1) is 0 Å². The summed E-state index contributed by atoms with van der Waals surface area (Å²) < 4.78 is 45.6. The maximum Gasteiger partial charge on any atom is 0.416 e. The summed E-state index contributed by atoms with van der Waals surface area (Å²) in [6.07, 6.45) is -2.89. The van der Waals surface area contributed by atoms with Gasteiger partial charge in [0.2, 0.25) is 5.91 Å². The highest BCUT2D eigenvalue weighted by atomic mass is 19.4. The summed E-state index contributed by atoms with van der Waals surface area (Å²) in [5.74, 6) is -0.945. The van der Waals surface area contributed by atoms with E-state index in [0.717, 1.165) is 17.7 Å². The molecule has 0 radical (unpaired) electrons. The van der Waals surface area contributed by atoms with Gasteiger partial charge in [0.25, 0.3) is 5.91 Å². The molecule has 0 spiro atoms. The number of nitrogens with one attached hydrogen (secondary N) is 1. The minimum absolute atomic E-state index is 0.149. The summed E-state index contributed by atoms with van der Waals surface area (Å²) >= 11 is 0. The number of alkyl halides is 3. The van der Waals surface area contributed by atoms with Gasteiger partial charge in [0.15, 0.2) is 5.76 Å². The molecule has 0 aliphatic carbocycles. The molecule has 188 valence electrons. The number of hydrogen-bond acceptors (Lipinski definition) is 4. The molecular weight excluding hydrogens is 471 g/mol. The van der Waals surface area contributed by atoms with Gasteiger partial charge in [-0.2, -0.15) is 13.2 Å². The Kier molecular flexibility index (Phi) is 6.24. The van der Waals surface area contributed by atoms with Crippen LogP contribution in [0.2, 0.25) is 0 Å². The number of halogens is 3. The van der Waals surface area contributed by atoms with Crippen molar-refractivity contribution in [3.05, 3.63) is 89.4 Å². The van der Waals surface area contributed by atoms with Crippen LogP contribution in [-0.2, 0) is 17.4 Å². The SMILES string of the molecule is C[C@H](NC(=O)[C@H]1Cc2cc(C(F)(F)F)ccc2N2CCN(C(=O)c3ccco3)C[C@@H]12)c1ccccc1. The zero-order valence-corrected chi connectivity index (χ0v) is 19.7. The number of anilines is 1. The van der Waals surface area contributed by atoms with Gasteiger partial charge in [-0.25, -0.2) is 0 Å². The van der Waals surface area contributed by atoms with Crippen molar-refractivity contribution in [2.45, 2.75) is 31.6 Å². The van der Waals surface area contributed by atoms with Crippen LogP contribution in [0, 0.1) is 5.92 Å². The third kappa shape index (κ3) is 4.57. The van der Waals surface area contributed by atoms with Crippen LogP contribution < -0.4 is 10.2 Å². The quantitative estimate of drug-likeness (QED) is 0.569. The molecule has 1 saturated heterocycles. The van der Waals surface area contributed by atoms with E-state index in [2.05, 4.69) is 5.32 Å². The lowest BCUT2D eigenvalue weighted by atomic mass is 9.82. The van der Waals surface area contributed by atoms with E-state index in [-0.39, 0.29) is 42.6 Å². The van der Waals surface area contributed by atoms with Crippen LogP contribution in [0.25, 0.3) is 0 Å². The highest BCUT2D eigenvalue weighted by Crippen LogP contribution is 2.40. The van der Waals surface area contributed by atoms with Crippen LogP contribution in [-0.4, -0.2) is 42.4 Å². The third-order valence-electron chi connectivity index (χ3n) is 7.05. The fraction of sp³-hybridized carbons (Fsp3) is 0.333. The van der Waals surface area contributed by atoms with Gasteiger partial charge >= 0.3 is 6.18 Å². The fourth-order valence-corrected chi connectivity index (χ4v) is 5.19. The molecular formula is C27H26F3N3O3. The normalized spacial score (nSPS) is 20.3. The predicted molar refractivity (Wildman–Crippen MR) is 127 cm³/mol. The Morgan fingerprint density at radius 2 is 1.83 bits per heavy atom. The monoisotopic (exact) mass is 497 g/mol. The van der Waals surface area contributed by atoms with E-state index in [4.69, 9.17) is 4.42 Å². The smallest absolute Gasteiger partial charge is 0.416 e. The van der Waals surface area contributed by atoms with Crippen molar-refractivity contribution < 1.29 is 27.2 Å². The minimum Gasteiger partial charge on any atom is -0.459 e. The van der Waals surface area contributed by atoms with Crippen LogP contribution in [0.4, 0.5) is 18.9 Å². The van der Waals surface area contributed by atoms with E-state index in [1.807, 2.05) is 42.2 Å². The fourth-order valence-electron chi connectivity index (χ4n) is 5.19. The van der Waals surface area contributed by atoms with Crippen LogP contribution in [0.3, 0.4) is 0 Å². The maximum atomic E-state index is 13.6. The highest BCUT2D eigenvalue weighted by Gasteiger charge is 2.44. The van der Waals surface area contributed by atoms with Crippen LogP contribution in [0.15, 0.2) is 71.3 Å². The first-order chi connectivity index (χ1) is 17.2. The molecule has 9 heteroatoms. The number of carbonyl (C=O) groups is 2. The van der Waals surface area contributed by atoms with Crippen molar-refractivity contribution in [2.24, 2.45) is 5.92 Å². The van der Waals surface area contributed by atoms with E-state index in [1.54, 1.807) is 17.0 Å². The van der Waals surface area contributed by atoms with E-state index < -0.39 is 17.7 Å². The molecule has 6 nitrogen and oxygen atoms in total. The van der Waals surface area contributed by atoms with Crippen molar-refractivity contribution in [1.29, 1.82) is 0 Å². The standard InChI is InChI=1S/C27H26F3N3O3/c1-17(18-6-3-2-4-7-18)31-25(34)21-15-19-14-20(27(28,29)30)9-10-22(19)33-12-11-32(16-23(21)33)26(35)24-8-5-13-36-24/h2-10,13-14,17,21,23H,11-12,15-16H2,1H3,(H,31,34)/t17-,21-,23-/m0/s1. The van der Waals surface area contributed by atoms with Gasteiger partial charge in [-0.05, 0) is 54.8 Å². The molecule has 0 unspecified atom stereocenters. The van der Waals surface area contributed by atoms with Gasteiger partial charge in [-0.3, -0.25) is 9.59 Å². The molecule has 3 atom stereocenters. The van der Waals surface area contributed by atoms with Gasteiger partial charge in [0, 0.05) is 25.3 Å². The Morgan fingerprint density at radius 3 is 2.53 bits per heavy atom. The zero-order chi connectivity index (χ0) is 25.4. The Hall–Kier alpha value is -3.75. The lowest BCUT2D eigenvalue weighted by molar-refractivity contribution is -0.137. The predicted octanol–water partition coefficient (Wildman–Crippen LogP) is 4.68. The third-order valence-corrected chi connectivity index (χ3v) is 7.05. The second kappa shape index (κ2) is 9.37. The number of furan rings is 1. The van der Waals surface area contributed by atoms with Crippen LogP contribution in [0.1, 0.15) is 40.2 Å². The molecule has 2 aliphatic rings. The Balaban J connectivity index is 1.45. The van der Waals surface area contributed by atoms with Crippen molar-refractivity contribution >= 4 is 17.5 Å². The van der Waals surface area contributed by atoms with Crippen molar-refractivity contribution in [3.63, 3.8) is 0 Å². The average molecular weight is 498 g/mol. The number of carbonyl (C=O) groups excluding carboxylic acids is 2. The number of amides is 2. The number of piperazine rings is 1. The first-order valence-corrected chi connectivity index (χ1v) is 11.9. The van der Waals surface area contributed by atoms with Gasteiger partial charge in [0.05, 0.1) is 29.8 Å². The van der Waals surface area contributed by atoms with E-state index in [0.29, 0.717) is 24.3 Å². The Bertz CT molecular complexity index is 1240. The number of hydrogen-bond donors (Lipinski definition) is 1. The van der Waals surface area contributed by atoms with Crippen LogP contribution in [0.5, 0.6) is 0 Å². The van der Waals surface area contributed by atoms with Crippen molar-refractivity contribution in [2.75, 3.05) is 24.5 Å². The molecule has 5 rings (SSSR count). The summed E-state index contributed by atoms with van der Waals surface area (Å²) in [5, 5.41) is 3.04. The maximum absolute atomic E-state index is 13.6. The molecule has 3 heterocycles. The summed E-state index contributed by atoms with van der Waals surface area (Å²) in [6, 6.07) is 15.7. The second-order valence-corrected chi connectivity index (χ2v) is 9.28. The molecule has 2 amide bonds. The van der Waals surface area contributed by atoms with E-state index in [1.165, 1.54) is 12.3 Å². The van der Waals surface area contributed by atoms with Gasteiger partial charge < -0.3 is 19.5 Å². The van der Waals surface area contributed by atoms with E-state index >= 15 is 0 Å². The molecule has 1 aromatic heterocycles. The lowest BCUT2D eigenvalue weighted by Crippen LogP contribution is -2.62. The first kappa shape index (κ1) is 24.0. The van der Waals surface area contributed by atoms with E-state index in [9.17, 15) is 22.8 Å². The minimum atomic E-state index is -4.47. The molecule has 1 N–H and O–H groups in total. The van der Waals surface area contributed by atoms with Gasteiger partial charge in [-0.1, -0.05) is 30.3 Å². The average Bonchev–Trinajstić information content (AvgIpc) is 3.42. The summed E-state index contributed by atoms with van der Waals surface area (Å²) in [7, 11) is 0. The number of benzene rings is 2. The lowest BCUT2D eigenvalue weighted by Gasteiger charge is -2.49. The molecule has 0 saturated carbocycles. The molecule has 1 fully saturated rings. The molecule has 0 bridgehead atoms. The molecule has 3 aromatic rings. The largest absolute Gasteiger partial charge is 0.459 e. The van der Waals surface area contributed by atoms with Crippen molar-refractivity contribution in [3.8, 4) is 0 Å². The number of rotatable bonds is 4. The summed E-state index contributed by atoms with van der Waals surface area (Å²) in [4.78, 5) is 30.1. The second-order valence-electron chi connectivity index (χ2n) is 9.28. The molecule has 36 heavy (non-hydrogen) atoms. The first-order valence-electron chi connectivity index (χ1n) is 11.9. The summed E-state index contributed by atoms with van der Waals surface area (Å²) in [6.45, 7) is 2.90. The van der Waals surface area contributed by atoms with Gasteiger partial charge in [0.1, 0.15) is 0 Å². The Labute approximate surface area is 206 Å². The number of nitrogens with zero attached hydrogens (tertiary/aromatic N) is 2. The zero-order valence-electron chi connectivity index (χ0n) is 19.7. The Morgan fingerprint density at radius 1 is 1.06 bits per heavy atom. The summed E-state index contributed by atoms with van der Waals surface area (Å²) in [5.41, 5.74) is 1.36. The molecule has 2 aromatic carbocycles. The number of fused-ring (bicyclic) bond motifs is 3. The molecule has 2 aliphatic heterocycles. The highest BCUT2D eigenvalue weighted by molar-refractivity contribution is 5.92.